The van der Waals surface area contributed by atoms with E-state index in [4.69, 9.17) is 0 Å². The second-order valence-electron chi connectivity index (χ2n) is 2.82. The first-order valence-corrected chi connectivity index (χ1v) is 4.34. The van der Waals surface area contributed by atoms with E-state index in [9.17, 15) is 0 Å². The van der Waals surface area contributed by atoms with Crippen LogP contribution in [0.25, 0.3) is 10.9 Å². The van der Waals surface area contributed by atoms with E-state index in [1.165, 1.54) is 0 Å². The minimum atomic E-state index is 0.915. The monoisotopic (exact) mass is 173 g/mol. The number of hydrogen-bond acceptors (Lipinski definition) is 3. The highest BCUT2D eigenvalue weighted by molar-refractivity contribution is 5.80. The van der Waals surface area contributed by atoms with Crippen molar-refractivity contribution in [2.75, 3.05) is 11.9 Å². The summed E-state index contributed by atoms with van der Waals surface area (Å²) in [6.45, 7) is 2.98. The lowest BCUT2D eigenvalue weighted by atomic mass is 10.2. The van der Waals surface area contributed by atoms with Gasteiger partial charge in [0, 0.05) is 18.1 Å². The fourth-order valence-corrected chi connectivity index (χ4v) is 1.27. The second kappa shape index (κ2) is 3.39. The first-order chi connectivity index (χ1) is 6.40. The van der Waals surface area contributed by atoms with Crippen LogP contribution in [0.15, 0.2) is 30.7 Å². The Morgan fingerprint density at radius 3 is 3.15 bits per heavy atom. The van der Waals surface area contributed by atoms with E-state index in [0.717, 1.165) is 23.1 Å². The summed E-state index contributed by atoms with van der Waals surface area (Å²) < 4.78 is 0. The fourth-order valence-electron chi connectivity index (χ4n) is 1.27. The van der Waals surface area contributed by atoms with E-state index >= 15 is 0 Å². The summed E-state index contributed by atoms with van der Waals surface area (Å²) in [5.74, 6) is 0. The molecule has 3 nitrogen and oxygen atoms in total. The maximum Gasteiger partial charge on any atom is 0.0886 e. The molecule has 0 spiro atoms. The Labute approximate surface area is 76.8 Å². The van der Waals surface area contributed by atoms with E-state index in [0.29, 0.717) is 0 Å². The highest BCUT2D eigenvalue weighted by atomic mass is 14.9. The van der Waals surface area contributed by atoms with Crippen molar-refractivity contribution in [1.82, 2.24) is 9.97 Å². The maximum absolute atomic E-state index is 4.27. The Kier molecular flexibility index (Phi) is 2.08. The predicted molar refractivity (Wildman–Crippen MR) is 53.7 cm³/mol. The molecule has 2 heterocycles. The summed E-state index contributed by atoms with van der Waals surface area (Å²) in [6, 6.07) is 4.04. The van der Waals surface area contributed by atoms with Gasteiger partial charge in [-0.05, 0) is 19.1 Å². The third-order valence-electron chi connectivity index (χ3n) is 1.87. The fraction of sp³-hybridized carbons (Fsp3) is 0.200. The highest BCUT2D eigenvalue weighted by Gasteiger charge is 1.95. The summed E-state index contributed by atoms with van der Waals surface area (Å²) in [5.41, 5.74) is 1.99. The summed E-state index contributed by atoms with van der Waals surface area (Å²) in [7, 11) is 0. The Bertz CT molecular complexity index is 412. The van der Waals surface area contributed by atoms with Crippen LogP contribution in [0.2, 0.25) is 0 Å². The summed E-state index contributed by atoms with van der Waals surface area (Å²) in [6.07, 6.45) is 5.37. The topological polar surface area (TPSA) is 37.8 Å². The van der Waals surface area contributed by atoms with Crippen molar-refractivity contribution in [3.8, 4) is 0 Å². The first kappa shape index (κ1) is 7.98. The molecule has 0 saturated carbocycles. The minimum Gasteiger partial charge on any atom is -0.384 e. The highest BCUT2D eigenvalue weighted by Crippen LogP contribution is 2.14. The molecule has 0 radical (unpaired) electrons. The predicted octanol–water partition coefficient (Wildman–Crippen LogP) is 2.06. The Balaban J connectivity index is 2.49. The zero-order valence-electron chi connectivity index (χ0n) is 7.49. The van der Waals surface area contributed by atoms with E-state index in [2.05, 4.69) is 28.3 Å². The molecule has 0 atom stereocenters. The van der Waals surface area contributed by atoms with Crippen molar-refractivity contribution in [1.29, 1.82) is 0 Å². The van der Waals surface area contributed by atoms with Crippen LogP contribution < -0.4 is 5.32 Å². The zero-order valence-corrected chi connectivity index (χ0v) is 7.49. The molecule has 2 rings (SSSR count). The Morgan fingerprint density at radius 2 is 2.31 bits per heavy atom. The van der Waals surface area contributed by atoms with Crippen LogP contribution in [0.3, 0.4) is 0 Å². The molecule has 66 valence electrons. The molecular weight excluding hydrogens is 162 g/mol. The van der Waals surface area contributed by atoms with Crippen LogP contribution in [0.5, 0.6) is 0 Å². The maximum atomic E-state index is 4.27. The molecule has 1 N–H and O–H groups in total. The molecule has 13 heavy (non-hydrogen) atoms. The van der Waals surface area contributed by atoms with Crippen molar-refractivity contribution in [3.05, 3.63) is 30.7 Å². The van der Waals surface area contributed by atoms with E-state index < -0.39 is 0 Å². The van der Waals surface area contributed by atoms with Gasteiger partial charge in [0.1, 0.15) is 0 Å². The molecule has 0 unspecified atom stereocenters. The molecule has 0 fully saturated rings. The van der Waals surface area contributed by atoms with Gasteiger partial charge in [0.05, 0.1) is 23.6 Å². The number of hydrogen-bond donors (Lipinski definition) is 1. The van der Waals surface area contributed by atoms with Gasteiger partial charge in [-0.25, -0.2) is 0 Å². The second-order valence-corrected chi connectivity index (χ2v) is 2.82. The van der Waals surface area contributed by atoms with E-state index in [1.54, 1.807) is 12.4 Å². The third kappa shape index (κ3) is 1.59. The van der Waals surface area contributed by atoms with Crippen molar-refractivity contribution < 1.29 is 0 Å². The molecule has 0 aliphatic heterocycles. The zero-order chi connectivity index (χ0) is 9.10. The lowest BCUT2D eigenvalue weighted by molar-refractivity contribution is 1.20. The molecule has 0 aromatic carbocycles. The summed E-state index contributed by atoms with van der Waals surface area (Å²) in [4.78, 5) is 8.28. The minimum absolute atomic E-state index is 0.915. The van der Waals surface area contributed by atoms with Gasteiger partial charge in [-0.1, -0.05) is 0 Å². The number of nitrogens with one attached hydrogen (secondary N) is 1. The average molecular weight is 173 g/mol. The van der Waals surface area contributed by atoms with Crippen LogP contribution in [0, 0.1) is 0 Å². The molecular formula is C10H11N3. The largest absolute Gasteiger partial charge is 0.384 e. The standard InChI is InChI=1S/C10H11N3/c1-2-12-9-5-8-3-4-11-7-10(8)13-6-9/h3-7,12H,2H2,1H3. The van der Waals surface area contributed by atoms with Gasteiger partial charge in [-0.2, -0.15) is 0 Å². The lowest BCUT2D eigenvalue weighted by Crippen LogP contribution is -1.96. The molecule has 0 amide bonds. The van der Waals surface area contributed by atoms with Crippen molar-refractivity contribution >= 4 is 16.6 Å². The van der Waals surface area contributed by atoms with Crippen molar-refractivity contribution in [2.45, 2.75) is 6.92 Å². The Morgan fingerprint density at radius 1 is 1.38 bits per heavy atom. The number of pyridine rings is 2. The molecule has 2 aromatic rings. The van der Waals surface area contributed by atoms with Crippen LogP contribution in [0.1, 0.15) is 6.92 Å². The first-order valence-electron chi connectivity index (χ1n) is 4.34. The number of rotatable bonds is 2. The van der Waals surface area contributed by atoms with Gasteiger partial charge in [0.15, 0.2) is 0 Å². The van der Waals surface area contributed by atoms with Crippen molar-refractivity contribution in [3.63, 3.8) is 0 Å². The Hall–Kier alpha value is -1.64. The SMILES string of the molecule is CCNc1cnc2cnccc2c1. The summed E-state index contributed by atoms with van der Waals surface area (Å²) in [5, 5.41) is 4.34. The van der Waals surface area contributed by atoms with Crippen LogP contribution >= 0.6 is 0 Å². The van der Waals surface area contributed by atoms with Crippen LogP contribution in [-0.2, 0) is 0 Å². The number of nitrogens with zero attached hydrogens (tertiary/aromatic N) is 2. The molecule has 2 aromatic heterocycles. The normalized spacial score (nSPS) is 10.2. The number of aromatic nitrogens is 2. The average Bonchev–Trinajstić information content (AvgIpc) is 2.18. The van der Waals surface area contributed by atoms with Gasteiger partial charge in [-0.3, -0.25) is 9.97 Å². The molecule has 0 aliphatic rings. The van der Waals surface area contributed by atoms with E-state index in [1.807, 2.05) is 12.3 Å². The van der Waals surface area contributed by atoms with E-state index in [-0.39, 0.29) is 0 Å². The third-order valence-corrected chi connectivity index (χ3v) is 1.87. The lowest BCUT2D eigenvalue weighted by Gasteiger charge is -2.02. The smallest absolute Gasteiger partial charge is 0.0886 e. The van der Waals surface area contributed by atoms with Gasteiger partial charge in [0.2, 0.25) is 0 Å². The molecule has 0 aliphatic carbocycles. The summed E-state index contributed by atoms with van der Waals surface area (Å²) >= 11 is 0. The van der Waals surface area contributed by atoms with Crippen LogP contribution in [-0.4, -0.2) is 16.5 Å². The van der Waals surface area contributed by atoms with Gasteiger partial charge in [0.25, 0.3) is 0 Å². The molecule has 0 bridgehead atoms. The molecule has 0 saturated heterocycles. The van der Waals surface area contributed by atoms with Gasteiger partial charge >= 0.3 is 0 Å². The van der Waals surface area contributed by atoms with Crippen molar-refractivity contribution in [2.24, 2.45) is 0 Å². The van der Waals surface area contributed by atoms with Gasteiger partial charge in [-0.15, -0.1) is 0 Å². The van der Waals surface area contributed by atoms with Crippen LogP contribution in [0.4, 0.5) is 5.69 Å². The number of fused-ring (bicyclic) bond motifs is 1. The molecule has 3 heteroatoms. The van der Waals surface area contributed by atoms with Gasteiger partial charge < -0.3 is 5.32 Å². The number of anilines is 1. The quantitative estimate of drug-likeness (QED) is 0.755.